The number of ether oxygens (including phenoxy) is 2. The van der Waals surface area contributed by atoms with Crippen molar-refractivity contribution >= 4 is 28.0 Å². The van der Waals surface area contributed by atoms with Gasteiger partial charge in [-0.15, -0.1) is 0 Å². The summed E-state index contributed by atoms with van der Waals surface area (Å²) in [5.41, 5.74) is 5.32. The smallest absolute Gasteiger partial charge is 0.332 e. The molecule has 0 unspecified atom stereocenters. The molecule has 2 aliphatic heterocycles. The van der Waals surface area contributed by atoms with Gasteiger partial charge in [-0.05, 0) is 49.6 Å². The lowest BCUT2D eigenvalue weighted by molar-refractivity contribution is -0.147. The molecule has 0 bridgehead atoms. The summed E-state index contributed by atoms with van der Waals surface area (Å²) < 4.78 is 27.2. The van der Waals surface area contributed by atoms with E-state index in [9.17, 15) is 14.3 Å². The molecule has 3 aromatic heterocycles. The molecule has 0 radical (unpaired) electrons. The number of aromatic nitrogens is 4. The van der Waals surface area contributed by atoms with E-state index in [4.69, 9.17) is 14.5 Å². The number of aromatic amines is 1. The van der Waals surface area contributed by atoms with Crippen LogP contribution in [0.25, 0.3) is 27.8 Å². The Balaban J connectivity index is 1.65. The summed E-state index contributed by atoms with van der Waals surface area (Å²) in [7, 11) is 0. The average Bonchev–Trinajstić information content (AvgIpc) is 3.55. The van der Waals surface area contributed by atoms with Gasteiger partial charge in [0.2, 0.25) is 0 Å². The third kappa shape index (κ3) is 3.39. The zero-order chi connectivity index (χ0) is 22.5. The lowest BCUT2D eigenvalue weighted by atomic mass is 9.87. The minimum Gasteiger partial charge on any atom is -0.479 e. The fraction of sp³-hybridized carbons (Fsp3) is 0.375. The highest BCUT2D eigenvalue weighted by atomic mass is 19.1. The summed E-state index contributed by atoms with van der Waals surface area (Å²) in [5.74, 6) is -1.16. The number of nitrogens with one attached hydrogen (secondary N) is 1. The lowest BCUT2D eigenvalue weighted by Crippen LogP contribution is -2.19. The van der Waals surface area contributed by atoms with Crippen molar-refractivity contribution in [1.29, 1.82) is 0 Å². The monoisotopic (exact) mass is 450 g/mol. The van der Waals surface area contributed by atoms with E-state index in [2.05, 4.69) is 14.8 Å². The molecule has 0 saturated carbocycles. The van der Waals surface area contributed by atoms with E-state index in [0.717, 1.165) is 46.2 Å². The Morgan fingerprint density at radius 2 is 1.97 bits per heavy atom. The van der Waals surface area contributed by atoms with Gasteiger partial charge in [-0.1, -0.05) is 0 Å². The molecular weight excluding hydrogens is 427 g/mol. The van der Waals surface area contributed by atoms with E-state index in [0.29, 0.717) is 31.9 Å². The molecular formula is C24H23FN4O4. The SMILES string of the molecule is O=C(O)[C@H]1C[C@H](c2c(C3CCOCC3)n(-c3ccc(F)cc3)c3cc4cn[nH]c4nc23)CO1. The molecule has 9 heteroatoms. The van der Waals surface area contributed by atoms with E-state index in [1.165, 1.54) is 12.1 Å². The molecule has 0 aliphatic carbocycles. The van der Waals surface area contributed by atoms with Crippen LogP contribution in [-0.2, 0) is 14.3 Å². The Hall–Kier alpha value is -3.30. The third-order valence-electron chi connectivity index (χ3n) is 6.79. The molecule has 5 heterocycles. The number of pyridine rings is 1. The molecule has 2 N–H and O–H groups in total. The molecule has 33 heavy (non-hydrogen) atoms. The van der Waals surface area contributed by atoms with Crippen molar-refractivity contribution in [3.8, 4) is 5.69 Å². The maximum absolute atomic E-state index is 13.8. The van der Waals surface area contributed by atoms with Gasteiger partial charge in [-0.3, -0.25) is 5.10 Å². The summed E-state index contributed by atoms with van der Waals surface area (Å²) in [4.78, 5) is 16.5. The van der Waals surface area contributed by atoms with Crippen LogP contribution in [0.15, 0.2) is 36.5 Å². The van der Waals surface area contributed by atoms with Crippen LogP contribution in [-0.4, -0.2) is 56.7 Å². The Kier molecular flexibility index (Phi) is 4.88. The number of benzene rings is 1. The Labute approximate surface area is 188 Å². The zero-order valence-corrected chi connectivity index (χ0v) is 17.8. The summed E-state index contributed by atoms with van der Waals surface area (Å²) in [6.07, 6.45) is 2.98. The fourth-order valence-electron chi connectivity index (χ4n) is 5.25. The number of fused-ring (bicyclic) bond motifs is 2. The molecule has 2 aliphatic rings. The number of rotatable bonds is 4. The van der Waals surface area contributed by atoms with Crippen LogP contribution in [0.2, 0.25) is 0 Å². The van der Waals surface area contributed by atoms with Crippen LogP contribution in [0.5, 0.6) is 0 Å². The molecule has 2 saturated heterocycles. The first kappa shape index (κ1) is 20.3. The molecule has 2 fully saturated rings. The summed E-state index contributed by atoms with van der Waals surface area (Å²) in [5, 5.41) is 17.5. The molecule has 1 aromatic carbocycles. The van der Waals surface area contributed by atoms with Gasteiger partial charge in [0, 0.05) is 47.4 Å². The van der Waals surface area contributed by atoms with E-state index < -0.39 is 12.1 Å². The fourth-order valence-corrected chi connectivity index (χ4v) is 5.25. The van der Waals surface area contributed by atoms with Gasteiger partial charge >= 0.3 is 5.97 Å². The summed E-state index contributed by atoms with van der Waals surface area (Å²) in [6.45, 7) is 1.64. The van der Waals surface area contributed by atoms with Crippen molar-refractivity contribution in [2.24, 2.45) is 0 Å². The number of carboxylic acids is 1. The van der Waals surface area contributed by atoms with Gasteiger partial charge in [0.05, 0.1) is 23.8 Å². The van der Waals surface area contributed by atoms with Crippen LogP contribution in [0, 0.1) is 5.82 Å². The first-order valence-corrected chi connectivity index (χ1v) is 11.2. The quantitative estimate of drug-likeness (QED) is 0.489. The molecule has 2 atom stereocenters. The second-order valence-electron chi connectivity index (χ2n) is 8.75. The van der Waals surface area contributed by atoms with Crippen LogP contribution in [0.4, 0.5) is 4.39 Å². The van der Waals surface area contributed by atoms with Gasteiger partial charge in [0.25, 0.3) is 0 Å². The largest absolute Gasteiger partial charge is 0.479 e. The number of hydrogen-bond donors (Lipinski definition) is 2. The molecule has 4 aromatic rings. The molecule has 170 valence electrons. The topological polar surface area (TPSA) is 102 Å². The standard InChI is InChI=1S/C24H23FN4O4/c25-16-1-3-17(4-2-16)29-18-9-14-11-26-28-23(14)27-21(18)20(15-10-19(24(30)31)33-12-15)22(29)13-5-7-32-8-6-13/h1-4,9,11,13,15,19H,5-8,10,12H2,(H,30,31)(H,26,27,28)/t15-,19+/m0/s1. The average molecular weight is 450 g/mol. The number of hydrogen-bond acceptors (Lipinski definition) is 5. The van der Waals surface area contributed by atoms with Crippen molar-refractivity contribution in [3.05, 3.63) is 53.6 Å². The van der Waals surface area contributed by atoms with Crippen LogP contribution in [0.3, 0.4) is 0 Å². The van der Waals surface area contributed by atoms with Gasteiger partial charge in [0.15, 0.2) is 11.8 Å². The number of carboxylic acid groups (broad SMARTS) is 1. The number of halogens is 1. The van der Waals surface area contributed by atoms with Crippen molar-refractivity contribution < 1.29 is 23.8 Å². The van der Waals surface area contributed by atoms with E-state index in [1.54, 1.807) is 18.3 Å². The summed E-state index contributed by atoms with van der Waals surface area (Å²) >= 11 is 0. The minimum absolute atomic E-state index is 0.110. The van der Waals surface area contributed by atoms with E-state index >= 15 is 0 Å². The Morgan fingerprint density at radius 1 is 1.18 bits per heavy atom. The second kappa shape index (κ2) is 7.93. The van der Waals surface area contributed by atoms with Crippen LogP contribution < -0.4 is 0 Å². The zero-order valence-electron chi connectivity index (χ0n) is 17.8. The van der Waals surface area contributed by atoms with Crippen molar-refractivity contribution in [1.82, 2.24) is 19.7 Å². The maximum Gasteiger partial charge on any atom is 0.332 e. The predicted octanol–water partition coefficient (Wildman–Crippen LogP) is 3.89. The Morgan fingerprint density at radius 3 is 2.70 bits per heavy atom. The molecule has 8 nitrogen and oxygen atoms in total. The normalized spacial score (nSPS) is 21.8. The second-order valence-corrected chi connectivity index (χ2v) is 8.75. The summed E-state index contributed by atoms with van der Waals surface area (Å²) in [6, 6.07) is 8.49. The van der Waals surface area contributed by atoms with Gasteiger partial charge in [-0.25, -0.2) is 14.2 Å². The van der Waals surface area contributed by atoms with Gasteiger partial charge in [-0.2, -0.15) is 5.10 Å². The molecule has 0 spiro atoms. The van der Waals surface area contributed by atoms with E-state index in [-0.39, 0.29) is 17.7 Å². The highest BCUT2D eigenvalue weighted by Gasteiger charge is 2.38. The van der Waals surface area contributed by atoms with Gasteiger partial charge in [0.1, 0.15) is 5.82 Å². The predicted molar refractivity (Wildman–Crippen MR) is 118 cm³/mol. The molecule has 6 rings (SSSR count). The number of nitrogens with zero attached hydrogens (tertiary/aromatic N) is 3. The maximum atomic E-state index is 13.8. The first-order valence-electron chi connectivity index (χ1n) is 11.2. The van der Waals surface area contributed by atoms with E-state index in [1.807, 2.05) is 6.07 Å². The highest BCUT2D eigenvalue weighted by Crippen LogP contribution is 2.44. The third-order valence-corrected chi connectivity index (χ3v) is 6.79. The van der Waals surface area contributed by atoms with Gasteiger partial charge < -0.3 is 19.1 Å². The number of carbonyl (C=O) groups is 1. The number of H-pyrrole nitrogens is 1. The van der Waals surface area contributed by atoms with Crippen molar-refractivity contribution in [2.75, 3.05) is 19.8 Å². The lowest BCUT2D eigenvalue weighted by Gasteiger charge is -2.26. The Bertz CT molecular complexity index is 1340. The molecule has 0 amide bonds. The number of aliphatic carboxylic acids is 1. The van der Waals surface area contributed by atoms with Crippen LogP contribution >= 0.6 is 0 Å². The van der Waals surface area contributed by atoms with Crippen LogP contribution in [0.1, 0.15) is 42.4 Å². The van der Waals surface area contributed by atoms with Crippen molar-refractivity contribution in [3.63, 3.8) is 0 Å². The van der Waals surface area contributed by atoms with Crippen molar-refractivity contribution in [2.45, 2.75) is 37.2 Å². The first-order chi connectivity index (χ1) is 16.1. The highest BCUT2D eigenvalue weighted by molar-refractivity contribution is 5.94. The minimum atomic E-state index is -0.948.